The zero-order valence-electron chi connectivity index (χ0n) is 8.26. The van der Waals surface area contributed by atoms with E-state index in [0.717, 1.165) is 12.0 Å². The van der Waals surface area contributed by atoms with Crippen LogP contribution < -0.4 is 0 Å². The molecule has 0 amide bonds. The fraction of sp³-hybridized carbons (Fsp3) is 1.00. The van der Waals surface area contributed by atoms with Gasteiger partial charge in [-0.3, -0.25) is 0 Å². The van der Waals surface area contributed by atoms with Crippen LogP contribution in [0.15, 0.2) is 0 Å². The molecule has 1 heteroatoms. The van der Waals surface area contributed by atoms with Crippen molar-refractivity contribution in [3.63, 3.8) is 0 Å². The summed E-state index contributed by atoms with van der Waals surface area (Å²) in [5, 5.41) is 0. The molecule has 1 heterocycles. The van der Waals surface area contributed by atoms with Crippen molar-refractivity contribution in [2.75, 3.05) is 13.1 Å². The van der Waals surface area contributed by atoms with Crippen LogP contribution in [0.4, 0.5) is 0 Å². The molecule has 0 aromatic heterocycles. The monoisotopic (exact) mass is 167 g/mol. The second-order valence-electron chi connectivity index (χ2n) is 4.50. The van der Waals surface area contributed by atoms with Gasteiger partial charge in [0.25, 0.3) is 0 Å². The summed E-state index contributed by atoms with van der Waals surface area (Å²) >= 11 is 0. The molecule has 1 aliphatic heterocycles. The fourth-order valence-electron chi connectivity index (χ4n) is 2.62. The quantitative estimate of drug-likeness (QED) is 0.611. The summed E-state index contributed by atoms with van der Waals surface area (Å²) in [5.41, 5.74) is 0. The van der Waals surface area contributed by atoms with Crippen LogP contribution in [0.1, 0.15) is 45.4 Å². The van der Waals surface area contributed by atoms with Crippen molar-refractivity contribution in [3.05, 3.63) is 0 Å². The van der Waals surface area contributed by atoms with E-state index in [9.17, 15) is 0 Å². The molecule has 0 N–H and O–H groups in total. The van der Waals surface area contributed by atoms with E-state index in [0.29, 0.717) is 0 Å². The number of hydrogen-bond donors (Lipinski definition) is 0. The SMILES string of the molecule is CC[C@H]1C[C@H](N2CCCCC2)C1. The van der Waals surface area contributed by atoms with Gasteiger partial charge in [0.15, 0.2) is 0 Å². The van der Waals surface area contributed by atoms with E-state index in [1.807, 2.05) is 0 Å². The van der Waals surface area contributed by atoms with Gasteiger partial charge in [0.05, 0.1) is 0 Å². The van der Waals surface area contributed by atoms with Crippen molar-refractivity contribution < 1.29 is 0 Å². The highest BCUT2D eigenvalue weighted by Gasteiger charge is 2.32. The first kappa shape index (κ1) is 8.55. The van der Waals surface area contributed by atoms with E-state index in [2.05, 4.69) is 11.8 Å². The summed E-state index contributed by atoms with van der Waals surface area (Å²) in [4.78, 5) is 2.73. The molecule has 0 bridgehead atoms. The lowest BCUT2D eigenvalue weighted by molar-refractivity contribution is 0.0607. The molecule has 0 atom stereocenters. The maximum absolute atomic E-state index is 2.73. The fourth-order valence-corrected chi connectivity index (χ4v) is 2.62. The summed E-state index contributed by atoms with van der Waals surface area (Å²) in [6.07, 6.45) is 8.78. The number of hydrogen-bond acceptors (Lipinski definition) is 1. The second-order valence-corrected chi connectivity index (χ2v) is 4.50. The minimum absolute atomic E-state index is 0.982. The minimum Gasteiger partial charge on any atom is -0.300 e. The first-order valence-electron chi connectivity index (χ1n) is 5.64. The first-order valence-corrected chi connectivity index (χ1v) is 5.64. The molecule has 1 saturated carbocycles. The summed E-state index contributed by atoms with van der Waals surface area (Å²) in [7, 11) is 0. The molecule has 0 unspecified atom stereocenters. The molecule has 0 aromatic carbocycles. The molecule has 0 spiro atoms. The number of rotatable bonds is 2. The van der Waals surface area contributed by atoms with Crippen LogP contribution in [0.25, 0.3) is 0 Å². The highest BCUT2D eigenvalue weighted by molar-refractivity contribution is 4.87. The van der Waals surface area contributed by atoms with Gasteiger partial charge in [0.2, 0.25) is 0 Å². The van der Waals surface area contributed by atoms with Crippen LogP contribution in [-0.2, 0) is 0 Å². The normalized spacial score (nSPS) is 37.8. The van der Waals surface area contributed by atoms with E-state index in [-0.39, 0.29) is 0 Å². The summed E-state index contributed by atoms with van der Waals surface area (Å²) in [6.45, 7) is 5.11. The van der Waals surface area contributed by atoms with Crippen molar-refractivity contribution >= 4 is 0 Å². The molecule has 1 saturated heterocycles. The van der Waals surface area contributed by atoms with Crippen LogP contribution >= 0.6 is 0 Å². The number of nitrogens with zero attached hydrogens (tertiary/aromatic N) is 1. The highest BCUT2D eigenvalue weighted by atomic mass is 15.2. The third-order valence-corrected chi connectivity index (χ3v) is 3.70. The van der Waals surface area contributed by atoms with Gasteiger partial charge in [-0.25, -0.2) is 0 Å². The molecule has 1 aliphatic carbocycles. The topological polar surface area (TPSA) is 3.24 Å². The number of piperidine rings is 1. The Morgan fingerprint density at radius 1 is 1.08 bits per heavy atom. The third-order valence-electron chi connectivity index (χ3n) is 3.70. The van der Waals surface area contributed by atoms with Crippen LogP contribution in [0.2, 0.25) is 0 Å². The summed E-state index contributed by atoms with van der Waals surface area (Å²) < 4.78 is 0. The zero-order valence-corrected chi connectivity index (χ0v) is 8.26. The van der Waals surface area contributed by atoms with Gasteiger partial charge >= 0.3 is 0 Å². The van der Waals surface area contributed by atoms with Gasteiger partial charge in [0, 0.05) is 6.04 Å². The van der Waals surface area contributed by atoms with Crippen molar-refractivity contribution in [2.24, 2.45) is 5.92 Å². The lowest BCUT2D eigenvalue weighted by Gasteiger charge is -2.44. The average Bonchev–Trinajstić information content (AvgIpc) is 2.04. The Balaban J connectivity index is 1.72. The van der Waals surface area contributed by atoms with Crippen molar-refractivity contribution in [2.45, 2.75) is 51.5 Å². The molecule has 0 aromatic rings. The molecule has 0 radical (unpaired) electrons. The molecule has 2 aliphatic rings. The summed E-state index contributed by atoms with van der Waals surface area (Å²) in [6, 6.07) is 0.982. The molecule has 2 rings (SSSR count). The Kier molecular flexibility index (Phi) is 2.69. The molecule has 12 heavy (non-hydrogen) atoms. The molecule has 70 valence electrons. The largest absolute Gasteiger partial charge is 0.300 e. The molecular formula is C11H21N. The Labute approximate surface area is 76.1 Å². The molecular weight excluding hydrogens is 146 g/mol. The van der Waals surface area contributed by atoms with E-state index in [1.54, 1.807) is 0 Å². The van der Waals surface area contributed by atoms with Crippen molar-refractivity contribution in [1.82, 2.24) is 4.90 Å². The average molecular weight is 167 g/mol. The van der Waals surface area contributed by atoms with E-state index < -0.39 is 0 Å². The first-order chi connectivity index (χ1) is 5.90. The van der Waals surface area contributed by atoms with Gasteiger partial charge in [-0.05, 0) is 44.7 Å². The van der Waals surface area contributed by atoms with E-state index in [4.69, 9.17) is 0 Å². The summed E-state index contributed by atoms with van der Waals surface area (Å²) in [5.74, 6) is 1.07. The Hall–Kier alpha value is -0.0400. The lowest BCUT2D eigenvalue weighted by Crippen LogP contribution is -2.46. The van der Waals surface area contributed by atoms with Gasteiger partial charge in [-0.15, -0.1) is 0 Å². The van der Waals surface area contributed by atoms with Crippen molar-refractivity contribution in [3.8, 4) is 0 Å². The minimum atomic E-state index is 0.982. The predicted molar refractivity (Wildman–Crippen MR) is 52.2 cm³/mol. The van der Waals surface area contributed by atoms with E-state index in [1.165, 1.54) is 51.6 Å². The van der Waals surface area contributed by atoms with Crippen LogP contribution in [-0.4, -0.2) is 24.0 Å². The molecule has 1 nitrogen and oxygen atoms in total. The smallest absolute Gasteiger partial charge is 0.0100 e. The second kappa shape index (κ2) is 3.78. The maximum atomic E-state index is 2.73. The lowest BCUT2D eigenvalue weighted by atomic mass is 9.77. The van der Waals surface area contributed by atoms with Crippen molar-refractivity contribution in [1.29, 1.82) is 0 Å². The standard InChI is InChI=1S/C11H21N/c1-2-10-8-11(9-10)12-6-4-3-5-7-12/h10-11H,2-9H2,1H3/t10-,11-. The molecule has 2 fully saturated rings. The Morgan fingerprint density at radius 3 is 2.33 bits per heavy atom. The van der Waals surface area contributed by atoms with Crippen LogP contribution in [0.3, 0.4) is 0 Å². The van der Waals surface area contributed by atoms with E-state index >= 15 is 0 Å². The third kappa shape index (κ3) is 1.66. The zero-order chi connectivity index (χ0) is 8.39. The van der Waals surface area contributed by atoms with Gasteiger partial charge < -0.3 is 4.90 Å². The maximum Gasteiger partial charge on any atom is 0.0100 e. The predicted octanol–water partition coefficient (Wildman–Crippen LogP) is 2.66. The number of likely N-dealkylation sites (tertiary alicyclic amines) is 1. The highest BCUT2D eigenvalue weighted by Crippen LogP contribution is 2.34. The Bertz CT molecular complexity index is 132. The van der Waals surface area contributed by atoms with Gasteiger partial charge in [-0.2, -0.15) is 0 Å². The van der Waals surface area contributed by atoms with Gasteiger partial charge in [-0.1, -0.05) is 19.8 Å². The van der Waals surface area contributed by atoms with Crippen LogP contribution in [0.5, 0.6) is 0 Å². The van der Waals surface area contributed by atoms with Gasteiger partial charge in [0.1, 0.15) is 0 Å². The Morgan fingerprint density at radius 2 is 1.75 bits per heavy atom. The van der Waals surface area contributed by atoms with Crippen LogP contribution in [0, 0.1) is 5.92 Å².